The van der Waals surface area contributed by atoms with Crippen LogP contribution in [0.3, 0.4) is 0 Å². The normalized spacial score (nSPS) is 16.6. The molecule has 1 heterocycles. The molecule has 7 heteroatoms. The Balaban J connectivity index is 2.38. The number of pyridine rings is 1. The highest BCUT2D eigenvalue weighted by molar-refractivity contribution is 7.89. The van der Waals surface area contributed by atoms with Crippen molar-refractivity contribution in [2.45, 2.75) is 36.7 Å². The third kappa shape index (κ3) is 2.79. The lowest BCUT2D eigenvalue weighted by molar-refractivity contribution is 0.178. The lowest BCUT2D eigenvalue weighted by atomic mass is 9.93. The highest BCUT2D eigenvalue weighted by atomic mass is 32.2. The highest BCUT2D eigenvalue weighted by Gasteiger charge is 2.35. The first-order chi connectivity index (χ1) is 9.11. The fourth-order valence-corrected chi connectivity index (χ4v) is 4.07. The minimum absolute atomic E-state index is 0.0111. The Morgan fingerprint density at radius 2 is 2.21 bits per heavy atom. The van der Waals surface area contributed by atoms with E-state index >= 15 is 0 Å². The van der Waals surface area contributed by atoms with E-state index in [4.69, 9.17) is 10.8 Å². The van der Waals surface area contributed by atoms with E-state index in [0.29, 0.717) is 5.69 Å². The van der Waals surface area contributed by atoms with Gasteiger partial charge in [0.2, 0.25) is 10.0 Å². The molecule has 106 valence electrons. The van der Waals surface area contributed by atoms with Crippen LogP contribution in [0, 0.1) is 0 Å². The fourth-order valence-electron chi connectivity index (χ4n) is 2.21. The highest BCUT2D eigenvalue weighted by Crippen LogP contribution is 2.30. The van der Waals surface area contributed by atoms with E-state index in [1.54, 1.807) is 6.07 Å². The molecule has 0 aromatic carbocycles. The van der Waals surface area contributed by atoms with Crippen molar-refractivity contribution in [1.82, 2.24) is 9.29 Å². The van der Waals surface area contributed by atoms with Crippen LogP contribution in [-0.4, -0.2) is 42.0 Å². The zero-order valence-electron chi connectivity index (χ0n) is 10.7. The first-order valence-electron chi connectivity index (χ1n) is 6.38. The topological polar surface area (TPSA) is 96.5 Å². The summed E-state index contributed by atoms with van der Waals surface area (Å²) in [6, 6.07) is 3.10. The molecule has 1 aliphatic rings. The maximum absolute atomic E-state index is 12.7. The van der Waals surface area contributed by atoms with E-state index in [1.807, 2.05) is 0 Å². The molecule has 1 aromatic heterocycles. The lowest BCUT2D eigenvalue weighted by Gasteiger charge is -2.36. The number of nitrogens with two attached hydrogens (primary N) is 1. The Hall–Kier alpha value is -1.02. The molecule has 3 N–H and O–H groups in total. The molecule has 19 heavy (non-hydrogen) atoms. The van der Waals surface area contributed by atoms with Gasteiger partial charge in [0, 0.05) is 25.3 Å². The SMILES string of the molecule is NCc1ncccc1S(=O)(=O)N(CCO)C1CCC1. The van der Waals surface area contributed by atoms with Crippen molar-refractivity contribution in [2.24, 2.45) is 5.73 Å². The van der Waals surface area contributed by atoms with Gasteiger partial charge in [-0.05, 0) is 25.0 Å². The number of nitrogens with zero attached hydrogens (tertiary/aromatic N) is 2. The zero-order chi connectivity index (χ0) is 13.9. The first-order valence-corrected chi connectivity index (χ1v) is 7.82. The predicted molar refractivity (Wildman–Crippen MR) is 70.7 cm³/mol. The Morgan fingerprint density at radius 1 is 1.47 bits per heavy atom. The van der Waals surface area contributed by atoms with Gasteiger partial charge in [0.15, 0.2) is 0 Å². The minimum Gasteiger partial charge on any atom is -0.395 e. The quantitative estimate of drug-likeness (QED) is 0.771. The largest absolute Gasteiger partial charge is 0.395 e. The summed E-state index contributed by atoms with van der Waals surface area (Å²) in [5, 5.41) is 9.10. The molecule has 1 aromatic rings. The van der Waals surface area contributed by atoms with Crippen LogP contribution in [-0.2, 0) is 16.6 Å². The summed E-state index contributed by atoms with van der Waals surface area (Å²) >= 11 is 0. The van der Waals surface area contributed by atoms with E-state index in [2.05, 4.69) is 4.98 Å². The van der Waals surface area contributed by atoms with Crippen molar-refractivity contribution in [2.75, 3.05) is 13.2 Å². The van der Waals surface area contributed by atoms with E-state index in [0.717, 1.165) is 19.3 Å². The second-order valence-corrected chi connectivity index (χ2v) is 6.44. The van der Waals surface area contributed by atoms with Crippen molar-refractivity contribution in [1.29, 1.82) is 0 Å². The van der Waals surface area contributed by atoms with Crippen LogP contribution >= 0.6 is 0 Å². The van der Waals surface area contributed by atoms with Crippen molar-refractivity contribution in [3.63, 3.8) is 0 Å². The number of hydrogen-bond donors (Lipinski definition) is 2. The number of aromatic nitrogens is 1. The minimum atomic E-state index is -3.64. The molecule has 0 amide bonds. The molecular weight excluding hydrogens is 266 g/mol. The van der Waals surface area contributed by atoms with Crippen LogP contribution in [0.1, 0.15) is 25.0 Å². The molecular formula is C12H19N3O3S. The third-order valence-corrected chi connectivity index (χ3v) is 5.46. The van der Waals surface area contributed by atoms with Crippen molar-refractivity contribution in [3.8, 4) is 0 Å². The molecule has 2 rings (SSSR count). The molecule has 0 spiro atoms. The second kappa shape index (κ2) is 5.96. The second-order valence-electron chi connectivity index (χ2n) is 4.58. The van der Waals surface area contributed by atoms with Gasteiger partial charge in [-0.2, -0.15) is 4.31 Å². The molecule has 0 bridgehead atoms. The number of sulfonamides is 1. The lowest BCUT2D eigenvalue weighted by Crippen LogP contribution is -2.45. The monoisotopic (exact) mass is 285 g/mol. The Kier molecular flexibility index (Phi) is 4.51. The Labute approximate surface area is 113 Å². The summed E-state index contributed by atoms with van der Waals surface area (Å²) in [6.07, 6.45) is 4.24. The van der Waals surface area contributed by atoms with Crippen LogP contribution in [0.5, 0.6) is 0 Å². The molecule has 6 nitrogen and oxygen atoms in total. The van der Waals surface area contributed by atoms with Gasteiger partial charge in [0.25, 0.3) is 0 Å². The Bertz CT molecular complexity index is 529. The number of aliphatic hydroxyl groups excluding tert-OH is 1. The molecule has 1 fully saturated rings. The smallest absolute Gasteiger partial charge is 0.245 e. The summed E-state index contributed by atoms with van der Waals surface area (Å²) in [5.41, 5.74) is 5.91. The van der Waals surface area contributed by atoms with E-state index < -0.39 is 10.0 Å². The van der Waals surface area contributed by atoms with E-state index in [9.17, 15) is 8.42 Å². The average molecular weight is 285 g/mol. The number of hydrogen-bond acceptors (Lipinski definition) is 5. The molecule has 0 atom stereocenters. The van der Waals surface area contributed by atoms with E-state index in [1.165, 1.54) is 16.6 Å². The van der Waals surface area contributed by atoms with Crippen LogP contribution in [0.4, 0.5) is 0 Å². The summed E-state index contributed by atoms with van der Waals surface area (Å²) in [4.78, 5) is 4.17. The summed E-state index contributed by atoms with van der Waals surface area (Å²) < 4.78 is 26.7. The molecule has 0 unspecified atom stereocenters. The van der Waals surface area contributed by atoms with Crippen LogP contribution in [0.15, 0.2) is 23.2 Å². The first kappa shape index (κ1) is 14.4. The molecule has 0 saturated heterocycles. The van der Waals surface area contributed by atoms with Gasteiger partial charge in [0.05, 0.1) is 12.3 Å². The predicted octanol–water partition coefficient (Wildman–Crippen LogP) is 0.0758. The number of aliphatic hydroxyl groups is 1. The van der Waals surface area contributed by atoms with E-state index in [-0.39, 0.29) is 30.6 Å². The summed E-state index contributed by atoms with van der Waals surface area (Å²) in [5.74, 6) is 0. The van der Waals surface area contributed by atoms with Gasteiger partial charge in [-0.25, -0.2) is 8.42 Å². The Morgan fingerprint density at radius 3 is 2.74 bits per heavy atom. The summed E-state index contributed by atoms with van der Waals surface area (Å²) in [6.45, 7) is 0.00684. The van der Waals surface area contributed by atoms with Gasteiger partial charge in [-0.15, -0.1) is 0 Å². The van der Waals surface area contributed by atoms with Crippen LogP contribution in [0.2, 0.25) is 0 Å². The zero-order valence-corrected chi connectivity index (χ0v) is 11.5. The average Bonchev–Trinajstić information content (AvgIpc) is 2.36. The van der Waals surface area contributed by atoms with Crippen LogP contribution < -0.4 is 5.73 Å². The van der Waals surface area contributed by atoms with Crippen molar-refractivity contribution >= 4 is 10.0 Å². The molecule has 1 aliphatic carbocycles. The number of rotatable bonds is 6. The summed E-state index contributed by atoms with van der Waals surface area (Å²) in [7, 11) is -3.64. The fraction of sp³-hybridized carbons (Fsp3) is 0.583. The third-order valence-electron chi connectivity index (χ3n) is 3.43. The standard InChI is InChI=1S/C12H19N3O3S/c13-9-11-12(5-2-6-14-11)19(17,18)15(7-8-16)10-3-1-4-10/h2,5-6,10,16H,1,3-4,7-9,13H2. The van der Waals surface area contributed by atoms with Crippen molar-refractivity contribution < 1.29 is 13.5 Å². The van der Waals surface area contributed by atoms with Gasteiger partial charge >= 0.3 is 0 Å². The maximum Gasteiger partial charge on any atom is 0.245 e. The molecule has 0 radical (unpaired) electrons. The van der Waals surface area contributed by atoms with Gasteiger partial charge in [-0.1, -0.05) is 6.42 Å². The molecule has 0 aliphatic heterocycles. The molecule has 1 saturated carbocycles. The van der Waals surface area contributed by atoms with Gasteiger partial charge in [-0.3, -0.25) is 4.98 Å². The van der Waals surface area contributed by atoms with Gasteiger partial charge in [0.1, 0.15) is 4.90 Å². The maximum atomic E-state index is 12.7. The van der Waals surface area contributed by atoms with Crippen LogP contribution in [0.25, 0.3) is 0 Å². The van der Waals surface area contributed by atoms with Crippen molar-refractivity contribution in [3.05, 3.63) is 24.0 Å². The van der Waals surface area contributed by atoms with Gasteiger partial charge < -0.3 is 10.8 Å².